The van der Waals surface area contributed by atoms with Crippen LogP contribution in [0.15, 0.2) is 52.9 Å². The summed E-state index contributed by atoms with van der Waals surface area (Å²) in [6.07, 6.45) is 1.41. The van der Waals surface area contributed by atoms with Gasteiger partial charge in [-0.1, -0.05) is 42.5 Å². The minimum absolute atomic E-state index is 0.0538. The fourth-order valence-electron chi connectivity index (χ4n) is 3.33. The number of amides is 1. The van der Waals surface area contributed by atoms with E-state index in [4.69, 9.17) is 0 Å². The first-order valence-electron chi connectivity index (χ1n) is 8.25. The van der Waals surface area contributed by atoms with E-state index in [0.717, 1.165) is 24.0 Å². The molecule has 2 aromatic rings. The second-order valence-corrected chi connectivity index (χ2v) is 6.74. The van der Waals surface area contributed by atoms with E-state index >= 15 is 0 Å². The summed E-state index contributed by atoms with van der Waals surface area (Å²) in [4.78, 5) is 12.5. The van der Waals surface area contributed by atoms with E-state index in [1.807, 2.05) is 18.2 Å². The van der Waals surface area contributed by atoms with Gasteiger partial charge in [0.15, 0.2) is 0 Å². The highest BCUT2D eigenvalue weighted by molar-refractivity contribution is 7.61. The highest BCUT2D eigenvalue weighted by Gasteiger charge is 2.27. The number of nitrogens with zero attached hydrogens (tertiary/aromatic N) is 2. The summed E-state index contributed by atoms with van der Waals surface area (Å²) >= 11 is 0. The van der Waals surface area contributed by atoms with Crippen LogP contribution >= 0.6 is 0 Å². The van der Waals surface area contributed by atoms with Gasteiger partial charge in [-0.05, 0) is 35.6 Å². The standard InChI is InChI=1S/C19H17N3O3S/c20-12-14-7-4-8-16-15(14)9-10-17(16)21-19(23)11-18(22-26(24)25)13-5-2-1-3-6-13/h1-8,17-18H,9-11H2,(H,21,23). The average Bonchev–Trinajstić information content (AvgIpc) is 3.04. The molecule has 0 aliphatic heterocycles. The molecule has 2 atom stereocenters. The van der Waals surface area contributed by atoms with E-state index in [1.165, 1.54) is 0 Å². The predicted molar refractivity (Wildman–Crippen MR) is 95.5 cm³/mol. The van der Waals surface area contributed by atoms with Crippen molar-refractivity contribution in [2.24, 2.45) is 4.36 Å². The molecule has 0 spiro atoms. The van der Waals surface area contributed by atoms with Gasteiger partial charge >= 0.3 is 10.5 Å². The summed E-state index contributed by atoms with van der Waals surface area (Å²) in [6.45, 7) is 0. The summed E-state index contributed by atoms with van der Waals surface area (Å²) in [6, 6.07) is 15.6. The Labute approximate surface area is 153 Å². The molecule has 26 heavy (non-hydrogen) atoms. The van der Waals surface area contributed by atoms with Crippen molar-refractivity contribution in [3.63, 3.8) is 0 Å². The monoisotopic (exact) mass is 367 g/mol. The van der Waals surface area contributed by atoms with Crippen molar-refractivity contribution in [3.05, 3.63) is 70.8 Å². The smallest absolute Gasteiger partial charge is 0.311 e. The molecule has 1 amide bonds. The molecular formula is C19H17N3O3S. The van der Waals surface area contributed by atoms with E-state index < -0.39 is 16.5 Å². The third-order valence-corrected chi connectivity index (χ3v) is 4.93. The number of nitriles is 1. The van der Waals surface area contributed by atoms with Crippen LogP contribution in [0.1, 0.15) is 47.2 Å². The van der Waals surface area contributed by atoms with Crippen molar-refractivity contribution in [1.29, 1.82) is 5.26 Å². The maximum absolute atomic E-state index is 12.5. The lowest BCUT2D eigenvalue weighted by atomic mass is 10.0. The lowest BCUT2D eigenvalue weighted by Gasteiger charge is -2.16. The average molecular weight is 367 g/mol. The maximum Gasteiger partial charge on any atom is 0.311 e. The summed E-state index contributed by atoms with van der Waals surface area (Å²) < 4.78 is 25.7. The number of benzene rings is 2. The molecule has 3 rings (SSSR count). The Kier molecular flexibility index (Phi) is 5.44. The maximum atomic E-state index is 12.5. The Bertz CT molecular complexity index is 986. The van der Waals surface area contributed by atoms with Crippen LogP contribution in [0.4, 0.5) is 0 Å². The van der Waals surface area contributed by atoms with Gasteiger partial charge in [-0.25, -0.2) is 0 Å². The second kappa shape index (κ2) is 7.93. The van der Waals surface area contributed by atoms with Gasteiger partial charge in [-0.15, -0.1) is 0 Å². The van der Waals surface area contributed by atoms with Gasteiger partial charge in [0.25, 0.3) is 0 Å². The number of carbonyl (C=O) groups excluding carboxylic acids is 1. The largest absolute Gasteiger partial charge is 0.349 e. The molecule has 1 N–H and O–H groups in total. The van der Waals surface area contributed by atoms with Crippen molar-refractivity contribution < 1.29 is 13.2 Å². The van der Waals surface area contributed by atoms with Crippen LogP contribution in [0.3, 0.4) is 0 Å². The third-order valence-electron chi connectivity index (χ3n) is 4.50. The zero-order valence-corrected chi connectivity index (χ0v) is 14.7. The number of carbonyl (C=O) groups is 1. The van der Waals surface area contributed by atoms with Crippen molar-refractivity contribution in [2.75, 3.05) is 0 Å². The fraction of sp³-hybridized carbons (Fsp3) is 0.263. The minimum Gasteiger partial charge on any atom is -0.349 e. The van der Waals surface area contributed by atoms with Crippen LogP contribution in [0, 0.1) is 11.3 Å². The highest BCUT2D eigenvalue weighted by atomic mass is 32.2. The zero-order chi connectivity index (χ0) is 18.5. The highest BCUT2D eigenvalue weighted by Crippen LogP contribution is 2.33. The Morgan fingerprint density at radius 2 is 2.00 bits per heavy atom. The molecule has 2 aromatic carbocycles. The molecule has 0 radical (unpaired) electrons. The fourth-order valence-corrected chi connectivity index (χ4v) is 3.74. The van der Waals surface area contributed by atoms with Crippen molar-refractivity contribution >= 4 is 16.4 Å². The van der Waals surface area contributed by atoms with Crippen LogP contribution in [0.25, 0.3) is 0 Å². The minimum atomic E-state index is -2.60. The number of hydrogen-bond acceptors (Lipinski definition) is 5. The van der Waals surface area contributed by atoms with E-state index in [1.54, 1.807) is 30.3 Å². The van der Waals surface area contributed by atoms with E-state index in [2.05, 4.69) is 15.7 Å². The molecule has 6 nitrogen and oxygen atoms in total. The quantitative estimate of drug-likeness (QED) is 0.878. The molecule has 2 unspecified atom stereocenters. The molecule has 0 saturated carbocycles. The molecular weight excluding hydrogens is 350 g/mol. The van der Waals surface area contributed by atoms with Crippen molar-refractivity contribution in [3.8, 4) is 6.07 Å². The van der Waals surface area contributed by atoms with Gasteiger partial charge in [0.2, 0.25) is 5.91 Å². The number of rotatable bonds is 5. The van der Waals surface area contributed by atoms with Gasteiger partial charge in [-0.3, -0.25) is 4.79 Å². The summed E-state index contributed by atoms with van der Waals surface area (Å²) in [5.41, 5.74) is 3.24. The molecule has 0 bridgehead atoms. The second-order valence-electron chi connectivity index (χ2n) is 6.10. The summed E-state index contributed by atoms with van der Waals surface area (Å²) in [5.74, 6) is -0.270. The normalized spacial score (nSPS) is 16.2. The van der Waals surface area contributed by atoms with E-state index in [0.29, 0.717) is 11.1 Å². The molecule has 1 aliphatic carbocycles. The molecule has 132 valence electrons. The number of hydrogen-bond donors (Lipinski definition) is 1. The Morgan fingerprint density at radius 1 is 1.23 bits per heavy atom. The molecule has 0 fully saturated rings. The molecule has 0 saturated heterocycles. The Morgan fingerprint density at radius 3 is 2.69 bits per heavy atom. The topological polar surface area (TPSA) is 99.4 Å². The number of fused-ring (bicyclic) bond motifs is 1. The van der Waals surface area contributed by atoms with Gasteiger partial charge in [0, 0.05) is 0 Å². The van der Waals surface area contributed by atoms with Crippen LogP contribution in [0.5, 0.6) is 0 Å². The van der Waals surface area contributed by atoms with Gasteiger partial charge in [0.1, 0.15) is 6.04 Å². The first-order valence-corrected chi connectivity index (χ1v) is 9.28. The third kappa shape index (κ3) is 3.98. The molecule has 1 aliphatic rings. The van der Waals surface area contributed by atoms with Crippen LogP contribution < -0.4 is 5.32 Å². The zero-order valence-electron chi connectivity index (χ0n) is 13.9. The number of nitrogens with one attached hydrogen (secondary N) is 1. The Balaban J connectivity index is 1.75. The van der Waals surface area contributed by atoms with Crippen molar-refractivity contribution in [1.82, 2.24) is 5.32 Å². The van der Waals surface area contributed by atoms with Crippen molar-refractivity contribution in [2.45, 2.75) is 31.3 Å². The lowest BCUT2D eigenvalue weighted by Crippen LogP contribution is -2.28. The SMILES string of the molecule is N#Cc1cccc2c1CCC2NC(=O)CC(N=S(=O)=O)c1ccccc1. The lowest BCUT2D eigenvalue weighted by molar-refractivity contribution is -0.122. The molecule has 7 heteroatoms. The van der Waals surface area contributed by atoms with Crippen LogP contribution in [-0.2, 0) is 21.7 Å². The molecule has 0 heterocycles. The van der Waals surface area contributed by atoms with Crippen LogP contribution in [0.2, 0.25) is 0 Å². The Hall–Kier alpha value is -2.98. The van der Waals surface area contributed by atoms with Gasteiger partial charge in [0.05, 0.1) is 24.1 Å². The van der Waals surface area contributed by atoms with E-state index in [9.17, 15) is 18.5 Å². The summed E-state index contributed by atoms with van der Waals surface area (Å²) in [7, 11) is -2.60. The van der Waals surface area contributed by atoms with Crippen LogP contribution in [-0.4, -0.2) is 14.3 Å². The molecule has 0 aromatic heterocycles. The first kappa shape index (κ1) is 17.8. The van der Waals surface area contributed by atoms with Gasteiger partial charge < -0.3 is 5.32 Å². The summed E-state index contributed by atoms with van der Waals surface area (Å²) in [5, 5.41) is 12.1. The predicted octanol–water partition coefficient (Wildman–Crippen LogP) is 2.86. The first-order chi connectivity index (χ1) is 12.6. The van der Waals surface area contributed by atoms with Gasteiger partial charge in [-0.2, -0.15) is 18.0 Å². The van der Waals surface area contributed by atoms with E-state index in [-0.39, 0.29) is 18.4 Å².